The summed E-state index contributed by atoms with van der Waals surface area (Å²) in [6.45, 7) is 1.19. The Balaban J connectivity index is 3.03. The number of nitrogens with one attached hydrogen (secondary N) is 3. The zero-order valence-electron chi connectivity index (χ0n) is 16.8. The molecule has 7 N–H and O–H groups in total. The third-order valence-corrected chi connectivity index (χ3v) is 4.58. The number of hydrogen-bond acceptors (Lipinski definition) is 7. The Morgan fingerprint density at radius 2 is 1.48 bits per heavy atom. The fourth-order valence-corrected chi connectivity index (χ4v) is 2.62. The van der Waals surface area contributed by atoms with Gasteiger partial charge in [-0.05, 0) is 12.5 Å². The predicted molar refractivity (Wildman–Crippen MR) is 113 cm³/mol. The summed E-state index contributed by atoms with van der Waals surface area (Å²) in [7, 11) is 0. The number of carboxylic acid groups (broad SMARTS) is 2. The van der Waals surface area contributed by atoms with Crippen LogP contribution in [-0.2, 0) is 30.4 Å². The molecule has 4 unspecified atom stereocenters. The van der Waals surface area contributed by atoms with Crippen LogP contribution in [0.5, 0.6) is 0 Å². The number of thiol groups is 1. The van der Waals surface area contributed by atoms with Crippen molar-refractivity contribution < 1.29 is 34.2 Å². The highest BCUT2D eigenvalue weighted by molar-refractivity contribution is 7.80. The maximum Gasteiger partial charge on any atom is 0.325 e. The van der Waals surface area contributed by atoms with Crippen molar-refractivity contribution in [2.45, 2.75) is 43.9 Å². The van der Waals surface area contributed by atoms with Gasteiger partial charge in [0.25, 0.3) is 0 Å². The highest BCUT2D eigenvalue weighted by atomic mass is 32.1. The molecule has 0 bridgehead atoms. The summed E-state index contributed by atoms with van der Waals surface area (Å²) in [6.07, 6.45) is -0.739. The lowest BCUT2D eigenvalue weighted by atomic mass is 10.0. The van der Waals surface area contributed by atoms with Crippen molar-refractivity contribution in [3.05, 3.63) is 35.9 Å². The highest BCUT2D eigenvalue weighted by Crippen LogP contribution is 2.05. The van der Waals surface area contributed by atoms with E-state index in [1.54, 1.807) is 30.3 Å². The van der Waals surface area contributed by atoms with E-state index in [0.717, 1.165) is 0 Å². The second-order valence-corrected chi connectivity index (χ2v) is 7.13. The third-order valence-electron chi connectivity index (χ3n) is 4.19. The van der Waals surface area contributed by atoms with Crippen LogP contribution in [0, 0.1) is 0 Å². The van der Waals surface area contributed by atoms with E-state index >= 15 is 0 Å². The van der Waals surface area contributed by atoms with Gasteiger partial charge < -0.3 is 31.9 Å². The molecule has 0 aliphatic rings. The van der Waals surface area contributed by atoms with E-state index in [9.17, 15) is 24.0 Å². The molecule has 11 nitrogen and oxygen atoms in total. The molecule has 1 aromatic carbocycles. The quantitative estimate of drug-likeness (QED) is 0.186. The molecule has 4 atom stereocenters. The number of rotatable bonds is 12. The molecule has 12 heteroatoms. The molecule has 0 saturated carbocycles. The lowest BCUT2D eigenvalue weighted by Gasteiger charge is -2.24. The van der Waals surface area contributed by atoms with Gasteiger partial charge in [0.2, 0.25) is 17.7 Å². The molecule has 0 aliphatic heterocycles. The topological polar surface area (TPSA) is 188 Å². The SMILES string of the molecule is CC(NC(=O)C(CC(=O)O)NC(=O)C(Cc1ccccc1)NC(=O)C(N)CS)C(=O)O. The Hall–Kier alpha value is -3.12. The van der Waals surface area contributed by atoms with Crippen LogP contribution in [0.2, 0.25) is 0 Å². The predicted octanol–water partition coefficient (Wildman–Crippen LogP) is -1.48. The first-order chi connectivity index (χ1) is 14.5. The van der Waals surface area contributed by atoms with Crippen LogP contribution < -0.4 is 21.7 Å². The van der Waals surface area contributed by atoms with Crippen molar-refractivity contribution >= 4 is 42.3 Å². The van der Waals surface area contributed by atoms with E-state index < -0.39 is 60.2 Å². The molecule has 3 amide bonds. The summed E-state index contributed by atoms with van der Waals surface area (Å²) in [5.41, 5.74) is 6.33. The molecule has 31 heavy (non-hydrogen) atoms. The van der Waals surface area contributed by atoms with Crippen molar-refractivity contribution in [1.29, 1.82) is 0 Å². The van der Waals surface area contributed by atoms with Gasteiger partial charge in [-0.2, -0.15) is 12.6 Å². The molecule has 0 spiro atoms. The Morgan fingerprint density at radius 3 is 2.00 bits per heavy atom. The zero-order chi connectivity index (χ0) is 23.6. The summed E-state index contributed by atoms with van der Waals surface area (Å²) in [5.74, 6) is -5.14. The molecule has 0 radical (unpaired) electrons. The number of nitrogens with two attached hydrogens (primary N) is 1. The second-order valence-electron chi connectivity index (χ2n) is 6.77. The first-order valence-electron chi connectivity index (χ1n) is 9.31. The minimum atomic E-state index is -1.56. The fraction of sp³-hybridized carbons (Fsp3) is 0.421. The Bertz CT molecular complexity index is 806. The molecule has 0 aliphatic carbocycles. The van der Waals surface area contributed by atoms with Crippen molar-refractivity contribution in [3.8, 4) is 0 Å². The molecule has 1 rings (SSSR count). The molecule has 0 fully saturated rings. The summed E-state index contributed by atoms with van der Waals surface area (Å²) < 4.78 is 0. The number of carbonyl (C=O) groups excluding carboxylic acids is 3. The lowest BCUT2D eigenvalue weighted by Crippen LogP contribution is -2.58. The maximum absolute atomic E-state index is 12.8. The van der Waals surface area contributed by atoms with Crippen LogP contribution in [0.25, 0.3) is 0 Å². The molecule has 0 saturated heterocycles. The number of carboxylic acids is 2. The van der Waals surface area contributed by atoms with E-state index in [-0.39, 0.29) is 12.2 Å². The normalized spacial score (nSPS) is 14.4. The van der Waals surface area contributed by atoms with Gasteiger partial charge in [0, 0.05) is 12.2 Å². The van der Waals surface area contributed by atoms with Gasteiger partial charge in [0.05, 0.1) is 12.5 Å². The smallest absolute Gasteiger partial charge is 0.325 e. The first-order valence-corrected chi connectivity index (χ1v) is 9.94. The standard InChI is InChI=1S/C19H26N4O7S/c1-10(19(29)30)21-17(27)14(8-15(24)25)23-18(28)13(22-16(26)12(20)9-31)7-11-5-3-2-4-6-11/h2-6,10,12-14,31H,7-9,20H2,1H3,(H,21,27)(H,22,26)(H,23,28)(H,24,25)(H,29,30). The Morgan fingerprint density at radius 1 is 0.935 bits per heavy atom. The molecule has 170 valence electrons. The second kappa shape index (κ2) is 12.5. The van der Waals surface area contributed by atoms with Gasteiger partial charge in [0.15, 0.2) is 0 Å². The summed E-state index contributed by atoms with van der Waals surface area (Å²) >= 11 is 3.94. The number of benzene rings is 1. The van der Waals surface area contributed by atoms with Crippen LogP contribution in [-0.4, -0.2) is 69.8 Å². The Kier molecular flexibility index (Phi) is 10.5. The molecular formula is C19H26N4O7S. The minimum Gasteiger partial charge on any atom is -0.481 e. The van der Waals surface area contributed by atoms with Gasteiger partial charge in [0.1, 0.15) is 18.1 Å². The third kappa shape index (κ3) is 9.05. The zero-order valence-corrected chi connectivity index (χ0v) is 17.7. The molecule has 1 aromatic rings. The molecule has 0 heterocycles. The van der Waals surface area contributed by atoms with Crippen molar-refractivity contribution in [1.82, 2.24) is 16.0 Å². The summed E-state index contributed by atoms with van der Waals surface area (Å²) in [5, 5.41) is 24.9. The highest BCUT2D eigenvalue weighted by Gasteiger charge is 2.30. The Labute approximate surface area is 184 Å². The van der Waals surface area contributed by atoms with Gasteiger partial charge in [-0.1, -0.05) is 30.3 Å². The summed E-state index contributed by atoms with van der Waals surface area (Å²) in [6, 6.07) is 3.69. The number of carbonyl (C=O) groups is 5. The van der Waals surface area contributed by atoms with Crippen molar-refractivity contribution in [3.63, 3.8) is 0 Å². The van der Waals surface area contributed by atoms with Crippen molar-refractivity contribution in [2.75, 3.05) is 5.75 Å². The number of amides is 3. The van der Waals surface area contributed by atoms with E-state index in [0.29, 0.717) is 5.56 Å². The van der Waals surface area contributed by atoms with Crippen LogP contribution in [0.15, 0.2) is 30.3 Å². The van der Waals surface area contributed by atoms with Gasteiger partial charge in [-0.15, -0.1) is 0 Å². The van der Waals surface area contributed by atoms with Crippen LogP contribution in [0.3, 0.4) is 0 Å². The van der Waals surface area contributed by atoms with Crippen LogP contribution in [0.4, 0.5) is 0 Å². The summed E-state index contributed by atoms with van der Waals surface area (Å²) in [4.78, 5) is 59.4. The fourth-order valence-electron chi connectivity index (χ4n) is 2.45. The van der Waals surface area contributed by atoms with Gasteiger partial charge in [-0.25, -0.2) is 0 Å². The monoisotopic (exact) mass is 454 g/mol. The number of hydrogen-bond donors (Lipinski definition) is 7. The van der Waals surface area contributed by atoms with E-state index in [1.807, 2.05) is 0 Å². The van der Waals surface area contributed by atoms with Crippen molar-refractivity contribution in [2.24, 2.45) is 5.73 Å². The van der Waals surface area contributed by atoms with Gasteiger partial charge >= 0.3 is 11.9 Å². The van der Waals surface area contributed by atoms with E-state index in [1.165, 1.54) is 6.92 Å². The minimum absolute atomic E-state index is 0.0304. The van der Waals surface area contributed by atoms with E-state index in [2.05, 4.69) is 28.6 Å². The van der Waals surface area contributed by atoms with Crippen LogP contribution in [0.1, 0.15) is 18.9 Å². The van der Waals surface area contributed by atoms with Gasteiger partial charge in [-0.3, -0.25) is 24.0 Å². The average Bonchev–Trinajstić information content (AvgIpc) is 2.72. The molecule has 0 aromatic heterocycles. The lowest BCUT2D eigenvalue weighted by molar-refractivity contribution is -0.143. The largest absolute Gasteiger partial charge is 0.481 e. The van der Waals surface area contributed by atoms with Crippen LogP contribution >= 0.6 is 12.6 Å². The average molecular weight is 455 g/mol. The number of aliphatic carboxylic acids is 2. The first kappa shape index (κ1) is 25.9. The maximum atomic E-state index is 12.8. The molecular weight excluding hydrogens is 428 g/mol. The van der Waals surface area contributed by atoms with E-state index in [4.69, 9.17) is 15.9 Å².